The van der Waals surface area contributed by atoms with Crippen LogP contribution in [0.15, 0.2) is 48.5 Å². The van der Waals surface area contributed by atoms with Gasteiger partial charge in [0.2, 0.25) is 0 Å². The number of alkyl halides is 1. The number of phenolic OH excluding ortho intramolecular Hbond substituents is 1. The van der Waals surface area contributed by atoms with Gasteiger partial charge < -0.3 is 5.11 Å². The fourth-order valence-electron chi connectivity index (χ4n) is 1.77. The normalized spacial score (nSPS) is 10.3. The molecule has 16 heavy (non-hydrogen) atoms. The minimum absolute atomic E-state index is 0.289. The first kappa shape index (κ1) is 11.0. The van der Waals surface area contributed by atoms with E-state index in [1.807, 2.05) is 36.4 Å². The van der Waals surface area contributed by atoms with E-state index < -0.39 is 0 Å². The van der Waals surface area contributed by atoms with E-state index in [9.17, 15) is 5.11 Å². The third-order valence-corrected chi connectivity index (χ3v) is 2.73. The van der Waals surface area contributed by atoms with Gasteiger partial charge in [0.1, 0.15) is 5.75 Å². The molecule has 0 amide bonds. The Morgan fingerprint density at radius 1 is 1.00 bits per heavy atom. The summed E-state index contributed by atoms with van der Waals surface area (Å²) in [5.74, 6) is 0.877. The van der Waals surface area contributed by atoms with Gasteiger partial charge in [-0.15, -0.1) is 11.6 Å². The summed E-state index contributed by atoms with van der Waals surface area (Å²) in [6, 6.07) is 15.5. The zero-order chi connectivity index (χ0) is 11.4. The van der Waals surface area contributed by atoms with Crippen LogP contribution in [0.3, 0.4) is 0 Å². The summed E-state index contributed by atoms with van der Waals surface area (Å²) in [6.07, 6.45) is 0.812. The highest BCUT2D eigenvalue weighted by atomic mass is 35.5. The van der Waals surface area contributed by atoms with Crippen LogP contribution in [0.1, 0.15) is 5.56 Å². The number of hydrogen-bond acceptors (Lipinski definition) is 1. The second-order valence-corrected chi connectivity index (χ2v) is 4.02. The molecule has 0 saturated heterocycles. The van der Waals surface area contributed by atoms with Crippen LogP contribution in [-0.2, 0) is 6.42 Å². The van der Waals surface area contributed by atoms with Gasteiger partial charge in [0.15, 0.2) is 0 Å². The summed E-state index contributed by atoms with van der Waals surface area (Å²) in [6.45, 7) is 0. The fourth-order valence-corrected chi connectivity index (χ4v) is 1.97. The molecule has 0 fully saturated rings. The Labute approximate surface area is 100 Å². The largest absolute Gasteiger partial charge is 0.508 e. The highest BCUT2D eigenvalue weighted by Gasteiger charge is 2.05. The molecule has 0 aliphatic rings. The molecule has 0 bridgehead atoms. The van der Waals surface area contributed by atoms with Gasteiger partial charge in [0, 0.05) is 5.88 Å². The molecule has 0 atom stereocenters. The van der Waals surface area contributed by atoms with Gasteiger partial charge in [-0.05, 0) is 35.2 Å². The Morgan fingerprint density at radius 3 is 2.44 bits per heavy atom. The minimum atomic E-state index is 0.289. The van der Waals surface area contributed by atoms with E-state index in [0.717, 1.165) is 17.5 Å². The summed E-state index contributed by atoms with van der Waals surface area (Å²) in [5, 5.41) is 9.53. The molecular weight excluding hydrogens is 220 g/mol. The number of benzene rings is 2. The standard InChI is InChI=1S/C14H13ClO/c15-9-8-12-6-7-13(16)10-14(12)11-4-2-1-3-5-11/h1-7,10,16H,8-9H2. The Morgan fingerprint density at radius 2 is 1.75 bits per heavy atom. The van der Waals surface area contributed by atoms with Crippen molar-refractivity contribution in [1.82, 2.24) is 0 Å². The molecule has 0 aliphatic carbocycles. The van der Waals surface area contributed by atoms with Gasteiger partial charge in [0.25, 0.3) is 0 Å². The predicted molar refractivity (Wildman–Crippen MR) is 68.0 cm³/mol. The van der Waals surface area contributed by atoms with Crippen molar-refractivity contribution < 1.29 is 5.11 Å². The van der Waals surface area contributed by atoms with Crippen molar-refractivity contribution >= 4 is 11.6 Å². The molecule has 0 heterocycles. The first-order valence-corrected chi connectivity index (χ1v) is 5.78. The Hall–Kier alpha value is -1.47. The van der Waals surface area contributed by atoms with Crippen molar-refractivity contribution in [2.45, 2.75) is 6.42 Å². The van der Waals surface area contributed by atoms with E-state index in [1.165, 1.54) is 5.56 Å². The van der Waals surface area contributed by atoms with Crippen LogP contribution in [0.25, 0.3) is 11.1 Å². The van der Waals surface area contributed by atoms with E-state index in [2.05, 4.69) is 0 Å². The monoisotopic (exact) mass is 232 g/mol. The molecule has 0 radical (unpaired) electrons. The van der Waals surface area contributed by atoms with E-state index in [1.54, 1.807) is 12.1 Å². The van der Waals surface area contributed by atoms with E-state index in [-0.39, 0.29) is 5.75 Å². The van der Waals surface area contributed by atoms with Crippen LogP contribution in [0.4, 0.5) is 0 Å². The summed E-state index contributed by atoms with van der Waals surface area (Å²) in [7, 11) is 0. The topological polar surface area (TPSA) is 20.2 Å². The number of aromatic hydroxyl groups is 1. The Bertz CT molecular complexity index is 465. The molecule has 2 heteroatoms. The lowest BCUT2D eigenvalue weighted by molar-refractivity contribution is 0.475. The molecule has 1 N–H and O–H groups in total. The Kier molecular flexibility index (Phi) is 3.47. The summed E-state index contributed by atoms with van der Waals surface area (Å²) in [5.41, 5.74) is 3.33. The molecule has 0 unspecified atom stereocenters. The van der Waals surface area contributed by atoms with Crippen LogP contribution in [-0.4, -0.2) is 11.0 Å². The van der Waals surface area contributed by atoms with Gasteiger partial charge in [-0.1, -0.05) is 36.4 Å². The van der Waals surface area contributed by atoms with Crippen LogP contribution >= 0.6 is 11.6 Å². The number of aryl methyl sites for hydroxylation is 1. The van der Waals surface area contributed by atoms with Gasteiger partial charge in [-0.2, -0.15) is 0 Å². The fraction of sp³-hybridized carbons (Fsp3) is 0.143. The highest BCUT2D eigenvalue weighted by Crippen LogP contribution is 2.27. The van der Waals surface area contributed by atoms with Crippen molar-refractivity contribution in [2.24, 2.45) is 0 Å². The lowest BCUT2D eigenvalue weighted by Gasteiger charge is -2.09. The summed E-state index contributed by atoms with van der Waals surface area (Å²) < 4.78 is 0. The van der Waals surface area contributed by atoms with Gasteiger partial charge in [-0.25, -0.2) is 0 Å². The smallest absolute Gasteiger partial charge is 0.116 e. The zero-order valence-corrected chi connectivity index (χ0v) is 9.61. The summed E-state index contributed by atoms with van der Waals surface area (Å²) >= 11 is 5.77. The van der Waals surface area contributed by atoms with Crippen molar-refractivity contribution in [3.63, 3.8) is 0 Å². The zero-order valence-electron chi connectivity index (χ0n) is 8.86. The molecule has 2 rings (SSSR count). The first-order valence-electron chi connectivity index (χ1n) is 5.24. The average Bonchev–Trinajstić information content (AvgIpc) is 2.33. The molecule has 0 spiro atoms. The van der Waals surface area contributed by atoms with Gasteiger partial charge >= 0.3 is 0 Å². The van der Waals surface area contributed by atoms with Crippen LogP contribution in [0.5, 0.6) is 5.75 Å². The van der Waals surface area contributed by atoms with Crippen molar-refractivity contribution in [1.29, 1.82) is 0 Å². The second-order valence-electron chi connectivity index (χ2n) is 3.65. The van der Waals surface area contributed by atoms with Crippen molar-refractivity contribution in [3.05, 3.63) is 54.1 Å². The predicted octanol–water partition coefficient (Wildman–Crippen LogP) is 3.84. The number of hydrogen-bond donors (Lipinski definition) is 1. The molecule has 2 aromatic carbocycles. The molecule has 0 aliphatic heterocycles. The maximum Gasteiger partial charge on any atom is 0.116 e. The van der Waals surface area contributed by atoms with Crippen LogP contribution in [0, 0.1) is 0 Å². The van der Waals surface area contributed by atoms with Crippen molar-refractivity contribution in [3.8, 4) is 16.9 Å². The lowest BCUT2D eigenvalue weighted by Crippen LogP contribution is -1.91. The van der Waals surface area contributed by atoms with Crippen LogP contribution < -0.4 is 0 Å². The molecule has 1 nitrogen and oxygen atoms in total. The number of rotatable bonds is 3. The summed E-state index contributed by atoms with van der Waals surface area (Å²) in [4.78, 5) is 0. The molecule has 0 saturated carbocycles. The third-order valence-electron chi connectivity index (χ3n) is 2.54. The minimum Gasteiger partial charge on any atom is -0.508 e. The second kappa shape index (κ2) is 5.04. The van der Waals surface area contributed by atoms with Gasteiger partial charge in [0.05, 0.1) is 0 Å². The molecule has 0 aromatic heterocycles. The van der Waals surface area contributed by atoms with E-state index in [0.29, 0.717) is 5.88 Å². The average molecular weight is 233 g/mol. The lowest BCUT2D eigenvalue weighted by atomic mass is 9.98. The molecule has 82 valence electrons. The maximum atomic E-state index is 9.53. The van der Waals surface area contributed by atoms with E-state index >= 15 is 0 Å². The highest BCUT2D eigenvalue weighted by molar-refractivity contribution is 6.18. The SMILES string of the molecule is Oc1ccc(CCCl)c(-c2ccccc2)c1. The molecule has 2 aromatic rings. The molecular formula is C14H13ClO. The maximum absolute atomic E-state index is 9.53. The van der Waals surface area contributed by atoms with E-state index in [4.69, 9.17) is 11.6 Å². The number of halogens is 1. The first-order chi connectivity index (χ1) is 7.81. The van der Waals surface area contributed by atoms with Crippen molar-refractivity contribution in [2.75, 3.05) is 5.88 Å². The van der Waals surface area contributed by atoms with Crippen LogP contribution in [0.2, 0.25) is 0 Å². The third kappa shape index (κ3) is 2.37. The number of phenols is 1. The quantitative estimate of drug-likeness (QED) is 0.798. The Balaban J connectivity index is 2.49. The van der Waals surface area contributed by atoms with Gasteiger partial charge in [-0.3, -0.25) is 0 Å².